The Morgan fingerprint density at radius 3 is 2.35 bits per heavy atom. The minimum atomic E-state index is -4.77. The molecular formula is C10H3Cl2F3O2. The molecule has 0 radical (unpaired) electrons. The predicted molar refractivity (Wildman–Crippen MR) is 57.5 cm³/mol. The van der Waals surface area contributed by atoms with Gasteiger partial charge in [0, 0.05) is 10.4 Å². The molecule has 0 N–H and O–H groups in total. The van der Waals surface area contributed by atoms with E-state index in [0.29, 0.717) is 6.07 Å². The Morgan fingerprint density at radius 2 is 1.76 bits per heavy atom. The summed E-state index contributed by atoms with van der Waals surface area (Å²) in [6.07, 6.45) is -4.77. The van der Waals surface area contributed by atoms with Crippen LogP contribution in [0.2, 0.25) is 10.0 Å². The minimum Gasteiger partial charge on any atom is -0.421 e. The van der Waals surface area contributed by atoms with Crippen LogP contribution in [0.15, 0.2) is 27.4 Å². The molecule has 7 heteroatoms. The molecule has 0 atom stereocenters. The van der Waals surface area contributed by atoms with Gasteiger partial charge in [-0.15, -0.1) is 0 Å². The Labute approximate surface area is 103 Å². The summed E-state index contributed by atoms with van der Waals surface area (Å²) in [5.74, 6) is 0. The van der Waals surface area contributed by atoms with E-state index in [9.17, 15) is 18.0 Å². The highest BCUT2D eigenvalue weighted by Crippen LogP contribution is 2.32. The molecule has 0 fully saturated rings. The Morgan fingerprint density at radius 1 is 1.12 bits per heavy atom. The molecule has 0 amide bonds. The van der Waals surface area contributed by atoms with Crippen LogP contribution in [0.4, 0.5) is 13.2 Å². The molecule has 0 unspecified atom stereocenters. The van der Waals surface area contributed by atoms with Crippen LogP contribution in [0, 0.1) is 0 Å². The maximum atomic E-state index is 12.5. The second kappa shape index (κ2) is 3.92. The van der Waals surface area contributed by atoms with Crippen molar-refractivity contribution in [3.8, 4) is 0 Å². The van der Waals surface area contributed by atoms with Crippen LogP contribution in [0.1, 0.15) is 5.56 Å². The molecule has 0 saturated carbocycles. The molecule has 0 aliphatic rings. The quantitative estimate of drug-likeness (QED) is 0.681. The smallest absolute Gasteiger partial charge is 0.421 e. The normalized spacial score (nSPS) is 12.1. The van der Waals surface area contributed by atoms with Crippen molar-refractivity contribution in [3.63, 3.8) is 0 Å². The van der Waals surface area contributed by atoms with E-state index in [0.717, 1.165) is 0 Å². The van der Waals surface area contributed by atoms with E-state index < -0.39 is 17.4 Å². The standard InChI is InChI=1S/C10H3Cl2F3O2/c11-5-1-4-2-6(10(13,14)15)9(16)17-8(4)7(12)3-5/h1-3H. The SMILES string of the molecule is O=c1oc2c(Cl)cc(Cl)cc2cc1C(F)(F)F. The van der Waals surface area contributed by atoms with E-state index >= 15 is 0 Å². The van der Waals surface area contributed by atoms with Crippen LogP contribution in [0.25, 0.3) is 11.0 Å². The summed E-state index contributed by atoms with van der Waals surface area (Å²) in [5.41, 5.74) is -2.98. The second-order valence-corrected chi connectivity index (χ2v) is 4.09. The average Bonchev–Trinajstić information content (AvgIpc) is 2.16. The molecule has 0 spiro atoms. The molecule has 1 heterocycles. The van der Waals surface area contributed by atoms with Gasteiger partial charge in [-0.25, -0.2) is 4.79 Å². The maximum Gasteiger partial charge on any atom is 0.423 e. The first kappa shape index (κ1) is 12.3. The van der Waals surface area contributed by atoms with Gasteiger partial charge >= 0.3 is 11.8 Å². The molecule has 2 nitrogen and oxygen atoms in total. The average molecular weight is 283 g/mol. The third-order valence-electron chi connectivity index (χ3n) is 2.06. The van der Waals surface area contributed by atoms with Crippen LogP contribution in [-0.4, -0.2) is 0 Å². The van der Waals surface area contributed by atoms with Crippen LogP contribution in [0.3, 0.4) is 0 Å². The van der Waals surface area contributed by atoms with Gasteiger partial charge in [0.25, 0.3) is 0 Å². The van der Waals surface area contributed by atoms with Gasteiger partial charge in [0.15, 0.2) is 5.58 Å². The molecule has 90 valence electrons. The molecular weight excluding hydrogens is 280 g/mol. The monoisotopic (exact) mass is 282 g/mol. The minimum absolute atomic E-state index is 0.0154. The fraction of sp³-hybridized carbons (Fsp3) is 0.100. The lowest BCUT2D eigenvalue weighted by Crippen LogP contribution is -2.17. The van der Waals surface area contributed by atoms with Crippen molar-refractivity contribution in [3.05, 3.63) is 44.2 Å². The molecule has 2 aromatic rings. The van der Waals surface area contributed by atoms with Gasteiger partial charge in [-0.3, -0.25) is 0 Å². The van der Waals surface area contributed by atoms with Gasteiger partial charge in [0.05, 0.1) is 5.02 Å². The molecule has 2 rings (SSSR count). The van der Waals surface area contributed by atoms with Crippen LogP contribution < -0.4 is 5.63 Å². The molecule has 0 saturated heterocycles. The lowest BCUT2D eigenvalue weighted by Gasteiger charge is -2.06. The largest absolute Gasteiger partial charge is 0.423 e. The van der Waals surface area contributed by atoms with Crippen LogP contribution in [-0.2, 0) is 6.18 Å². The van der Waals surface area contributed by atoms with Gasteiger partial charge in [-0.05, 0) is 18.2 Å². The number of fused-ring (bicyclic) bond motifs is 1. The Kier molecular flexibility index (Phi) is 2.83. The van der Waals surface area contributed by atoms with Crippen molar-refractivity contribution in [1.29, 1.82) is 0 Å². The van der Waals surface area contributed by atoms with Crippen LogP contribution in [0.5, 0.6) is 0 Å². The van der Waals surface area contributed by atoms with Crippen molar-refractivity contribution in [1.82, 2.24) is 0 Å². The van der Waals surface area contributed by atoms with E-state index in [1.807, 2.05) is 0 Å². The molecule has 0 aliphatic carbocycles. The molecule has 0 aliphatic heterocycles. The summed E-state index contributed by atoms with van der Waals surface area (Å²) in [7, 11) is 0. The van der Waals surface area contributed by atoms with E-state index in [1.165, 1.54) is 12.1 Å². The zero-order valence-corrected chi connectivity index (χ0v) is 9.45. The number of rotatable bonds is 0. The van der Waals surface area contributed by atoms with Gasteiger partial charge < -0.3 is 4.42 Å². The van der Waals surface area contributed by atoms with E-state index in [2.05, 4.69) is 4.42 Å². The number of benzene rings is 1. The molecule has 1 aromatic carbocycles. The van der Waals surface area contributed by atoms with E-state index in [-0.39, 0.29) is 21.0 Å². The van der Waals surface area contributed by atoms with Crippen molar-refractivity contribution >= 4 is 34.2 Å². The highest BCUT2D eigenvalue weighted by molar-refractivity contribution is 6.38. The first-order valence-electron chi connectivity index (χ1n) is 4.29. The van der Waals surface area contributed by atoms with Crippen molar-refractivity contribution in [2.24, 2.45) is 0 Å². The summed E-state index contributed by atoms with van der Waals surface area (Å²) in [4.78, 5) is 11.1. The molecule has 17 heavy (non-hydrogen) atoms. The van der Waals surface area contributed by atoms with Crippen molar-refractivity contribution < 1.29 is 17.6 Å². The third kappa shape index (κ3) is 2.25. The Bertz CT molecular complexity index is 646. The number of hydrogen-bond donors (Lipinski definition) is 0. The zero-order chi connectivity index (χ0) is 12.8. The summed E-state index contributed by atoms with van der Waals surface area (Å²) >= 11 is 11.3. The number of hydrogen-bond acceptors (Lipinski definition) is 2. The Hall–Kier alpha value is -1.20. The maximum absolute atomic E-state index is 12.5. The lowest BCUT2D eigenvalue weighted by atomic mass is 10.2. The first-order chi connectivity index (χ1) is 7.79. The topological polar surface area (TPSA) is 30.2 Å². The van der Waals surface area contributed by atoms with Gasteiger partial charge in [0.2, 0.25) is 0 Å². The van der Waals surface area contributed by atoms with E-state index in [4.69, 9.17) is 23.2 Å². The third-order valence-corrected chi connectivity index (χ3v) is 2.56. The zero-order valence-electron chi connectivity index (χ0n) is 7.94. The molecule has 0 bridgehead atoms. The highest BCUT2D eigenvalue weighted by Gasteiger charge is 2.35. The fourth-order valence-corrected chi connectivity index (χ4v) is 1.90. The summed E-state index contributed by atoms with van der Waals surface area (Å²) < 4.78 is 41.9. The first-order valence-corrected chi connectivity index (χ1v) is 5.05. The molecule has 1 aromatic heterocycles. The number of alkyl halides is 3. The lowest BCUT2D eigenvalue weighted by molar-refractivity contribution is -0.139. The predicted octanol–water partition coefficient (Wildman–Crippen LogP) is 4.12. The van der Waals surface area contributed by atoms with Crippen LogP contribution >= 0.6 is 23.2 Å². The van der Waals surface area contributed by atoms with Crippen molar-refractivity contribution in [2.75, 3.05) is 0 Å². The van der Waals surface area contributed by atoms with Crippen molar-refractivity contribution in [2.45, 2.75) is 6.18 Å². The summed E-state index contributed by atoms with van der Waals surface area (Å²) in [6.45, 7) is 0. The van der Waals surface area contributed by atoms with E-state index in [1.54, 1.807) is 0 Å². The Balaban J connectivity index is 2.86. The van der Waals surface area contributed by atoms with Gasteiger partial charge in [-0.1, -0.05) is 23.2 Å². The summed E-state index contributed by atoms with van der Waals surface area (Å²) in [5, 5.41) is 0.164. The second-order valence-electron chi connectivity index (χ2n) is 3.25. The highest BCUT2D eigenvalue weighted by atomic mass is 35.5. The fourth-order valence-electron chi connectivity index (χ4n) is 1.35. The number of halogens is 5. The summed E-state index contributed by atoms with van der Waals surface area (Å²) in [6, 6.07) is 3.18. The van der Waals surface area contributed by atoms with Gasteiger partial charge in [0.1, 0.15) is 5.56 Å². The van der Waals surface area contributed by atoms with Gasteiger partial charge in [-0.2, -0.15) is 13.2 Å².